The second-order valence-electron chi connectivity index (χ2n) is 3.11. The summed E-state index contributed by atoms with van der Waals surface area (Å²) in [5.74, 6) is 0.340. The first-order valence-corrected chi connectivity index (χ1v) is 4.98. The van der Waals surface area contributed by atoms with Crippen LogP contribution in [0.5, 0.6) is 0 Å². The Balaban J connectivity index is 0.000000354. The van der Waals surface area contributed by atoms with Gasteiger partial charge in [-0.1, -0.05) is 33.3 Å². The van der Waals surface area contributed by atoms with Crippen LogP contribution in [0, 0.1) is 0 Å². The molecule has 0 aromatic heterocycles. The number of hydrogen-bond donors (Lipinski definition) is 0. The van der Waals surface area contributed by atoms with E-state index in [1.807, 2.05) is 6.92 Å². The van der Waals surface area contributed by atoms with Gasteiger partial charge in [0, 0.05) is 6.42 Å². The van der Waals surface area contributed by atoms with Crippen LogP contribution >= 0.6 is 0 Å². The maximum absolute atomic E-state index is 10.9. The van der Waals surface area contributed by atoms with Gasteiger partial charge >= 0.3 is 0 Å². The lowest BCUT2D eigenvalue weighted by Gasteiger charge is -1.93. The minimum absolute atomic E-state index is 0.340. The third-order valence-corrected chi connectivity index (χ3v) is 1.72. The summed E-state index contributed by atoms with van der Waals surface area (Å²) in [6.07, 6.45) is 7.31. The van der Waals surface area contributed by atoms with Gasteiger partial charge in [0.2, 0.25) is 0 Å². The van der Waals surface area contributed by atoms with Crippen molar-refractivity contribution in [1.82, 2.24) is 0 Å². The highest BCUT2D eigenvalue weighted by atomic mass is 16.1. The Morgan fingerprint density at radius 1 is 1.42 bits per heavy atom. The van der Waals surface area contributed by atoms with E-state index < -0.39 is 0 Å². The van der Waals surface area contributed by atoms with Gasteiger partial charge in [-0.05, 0) is 24.8 Å². The molecule has 0 aliphatic heterocycles. The van der Waals surface area contributed by atoms with Gasteiger partial charge < -0.3 is 0 Å². The van der Waals surface area contributed by atoms with E-state index in [9.17, 15) is 4.79 Å². The molecular weight excluding hydrogens is 148 g/mol. The van der Waals surface area contributed by atoms with Crippen LogP contribution in [0.2, 0.25) is 0 Å². The minimum atomic E-state index is 0.340. The highest BCUT2D eigenvalue weighted by Crippen LogP contribution is 2.18. The van der Waals surface area contributed by atoms with Crippen molar-refractivity contribution in [2.75, 3.05) is 0 Å². The molecule has 0 N–H and O–H groups in total. The van der Waals surface area contributed by atoms with Crippen molar-refractivity contribution < 1.29 is 4.79 Å². The molecule has 0 heterocycles. The zero-order chi connectivity index (χ0) is 9.40. The highest BCUT2D eigenvalue weighted by molar-refractivity contribution is 5.95. The van der Waals surface area contributed by atoms with E-state index in [0.717, 1.165) is 18.4 Å². The Bertz CT molecular complexity index is 156. The molecule has 1 heteroatoms. The number of rotatable bonds is 2. The number of Topliss-reactive ketones (excluding diaryl/α,β-unsaturated/α-hetero) is 1. The predicted octanol–water partition coefficient (Wildman–Crippen LogP) is 3.49. The lowest BCUT2D eigenvalue weighted by Crippen LogP contribution is -1.96. The molecule has 0 aromatic carbocycles. The summed E-state index contributed by atoms with van der Waals surface area (Å²) in [6, 6.07) is 0. The molecule has 1 nitrogen and oxygen atoms in total. The van der Waals surface area contributed by atoms with E-state index >= 15 is 0 Å². The van der Waals surface area contributed by atoms with Crippen LogP contribution in [-0.4, -0.2) is 5.78 Å². The summed E-state index contributed by atoms with van der Waals surface area (Å²) in [4.78, 5) is 10.9. The zero-order valence-electron chi connectivity index (χ0n) is 8.52. The van der Waals surface area contributed by atoms with Crippen molar-refractivity contribution in [2.45, 2.75) is 52.9 Å². The summed E-state index contributed by atoms with van der Waals surface area (Å²) in [6.45, 7) is 6.17. The van der Waals surface area contributed by atoms with Gasteiger partial charge in [-0.25, -0.2) is 0 Å². The fourth-order valence-electron chi connectivity index (χ4n) is 1.15. The van der Waals surface area contributed by atoms with Crippen LogP contribution in [0.1, 0.15) is 52.9 Å². The van der Waals surface area contributed by atoms with E-state index in [2.05, 4.69) is 19.9 Å². The van der Waals surface area contributed by atoms with Crippen LogP contribution in [-0.2, 0) is 4.79 Å². The molecule has 1 aliphatic carbocycles. The van der Waals surface area contributed by atoms with Crippen molar-refractivity contribution in [3.8, 4) is 0 Å². The van der Waals surface area contributed by atoms with Gasteiger partial charge in [-0.15, -0.1) is 0 Å². The summed E-state index contributed by atoms with van der Waals surface area (Å²) in [5, 5.41) is 0. The SMILES string of the molecule is CCC.CCC(=O)C1=CCCC1. The molecule has 0 amide bonds. The molecule has 0 unspecified atom stereocenters. The molecule has 70 valence electrons. The highest BCUT2D eigenvalue weighted by Gasteiger charge is 2.09. The van der Waals surface area contributed by atoms with E-state index in [0.29, 0.717) is 12.2 Å². The molecule has 0 spiro atoms. The standard InChI is InChI=1S/C8H12O.C3H8/c1-2-8(9)7-5-3-4-6-7;1-3-2/h5H,2-4,6H2,1H3;3H2,1-2H3. The molecule has 1 aliphatic rings. The second-order valence-corrected chi connectivity index (χ2v) is 3.11. The predicted molar refractivity (Wildman–Crippen MR) is 53.2 cm³/mol. The molecule has 1 rings (SSSR count). The van der Waals surface area contributed by atoms with Crippen LogP contribution in [0.4, 0.5) is 0 Å². The van der Waals surface area contributed by atoms with Crippen LogP contribution in [0.25, 0.3) is 0 Å². The largest absolute Gasteiger partial charge is 0.295 e. The summed E-state index contributed by atoms with van der Waals surface area (Å²) >= 11 is 0. The van der Waals surface area contributed by atoms with Crippen LogP contribution in [0.3, 0.4) is 0 Å². The number of carbonyl (C=O) groups is 1. The smallest absolute Gasteiger partial charge is 0.158 e. The summed E-state index contributed by atoms with van der Waals surface area (Å²) < 4.78 is 0. The van der Waals surface area contributed by atoms with Crippen molar-refractivity contribution in [1.29, 1.82) is 0 Å². The molecule has 0 bridgehead atoms. The van der Waals surface area contributed by atoms with Gasteiger partial charge in [0.15, 0.2) is 5.78 Å². The Kier molecular flexibility index (Phi) is 6.73. The number of carbonyl (C=O) groups excluding carboxylic acids is 1. The topological polar surface area (TPSA) is 17.1 Å². The Labute approximate surface area is 75.9 Å². The first-order valence-electron chi connectivity index (χ1n) is 4.98. The first-order chi connectivity index (χ1) is 5.76. The molecular formula is C11H20O. The van der Waals surface area contributed by atoms with E-state index in [1.165, 1.54) is 12.8 Å². The van der Waals surface area contributed by atoms with Crippen molar-refractivity contribution >= 4 is 5.78 Å². The molecule has 0 saturated heterocycles. The zero-order valence-corrected chi connectivity index (χ0v) is 8.52. The average Bonchev–Trinajstić information content (AvgIpc) is 2.56. The maximum Gasteiger partial charge on any atom is 0.158 e. The second kappa shape index (κ2) is 7.08. The lowest BCUT2D eigenvalue weighted by atomic mass is 10.1. The normalized spacial score (nSPS) is 14.8. The van der Waals surface area contributed by atoms with Crippen molar-refractivity contribution in [2.24, 2.45) is 0 Å². The number of ketones is 1. The third-order valence-electron chi connectivity index (χ3n) is 1.72. The van der Waals surface area contributed by atoms with E-state index in [4.69, 9.17) is 0 Å². The van der Waals surface area contributed by atoms with Gasteiger partial charge in [0.25, 0.3) is 0 Å². The van der Waals surface area contributed by atoms with Crippen LogP contribution < -0.4 is 0 Å². The molecule has 0 aromatic rings. The maximum atomic E-state index is 10.9. The lowest BCUT2D eigenvalue weighted by molar-refractivity contribution is -0.115. The molecule has 0 saturated carbocycles. The summed E-state index contributed by atoms with van der Waals surface area (Å²) in [7, 11) is 0. The fraction of sp³-hybridized carbons (Fsp3) is 0.727. The molecule has 12 heavy (non-hydrogen) atoms. The average molecular weight is 168 g/mol. The summed E-state index contributed by atoms with van der Waals surface area (Å²) in [5.41, 5.74) is 1.07. The van der Waals surface area contributed by atoms with E-state index in [1.54, 1.807) is 0 Å². The quantitative estimate of drug-likeness (QED) is 0.617. The Hall–Kier alpha value is -0.590. The van der Waals surface area contributed by atoms with Gasteiger partial charge in [0.05, 0.1) is 0 Å². The number of allylic oxidation sites excluding steroid dienone is 2. The van der Waals surface area contributed by atoms with Crippen LogP contribution in [0.15, 0.2) is 11.6 Å². The Morgan fingerprint density at radius 2 is 2.00 bits per heavy atom. The molecule has 0 fully saturated rings. The first kappa shape index (κ1) is 11.4. The Morgan fingerprint density at radius 3 is 2.33 bits per heavy atom. The molecule has 0 radical (unpaired) electrons. The van der Waals surface area contributed by atoms with Crippen molar-refractivity contribution in [3.05, 3.63) is 11.6 Å². The third kappa shape index (κ3) is 4.32. The fourth-order valence-corrected chi connectivity index (χ4v) is 1.15. The van der Waals surface area contributed by atoms with E-state index in [-0.39, 0.29) is 0 Å². The van der Waals surface area contributed by atoms with Crippen molar-refractivity contribution in [3.63, 3.8) is 0 Å². The van der Waals surface area contributed by atoms with Gasteiger partial charge in [0.1, 0.15) is 0 Å². The van der Waals surface area contributed by atoms with Gasteiger partial charge in [-0.2, -0.15) is 0 Å². The molecule has 0 atom stereocenters. The number of hydrogen-bond acceptors (Lipinski definition) is 1. The minimum Gasteiger partial charge on any atom is -0.295 e. The monoisotopic (exact) mass is 168 g/mol. The van der Waals surface area contributed by atoms with Gasteiger partial charge in [-0.3, -0.25) is 4.79 Å².